The van der Waals surface area contributed by atoms with Gasteiger partial charge in [-0.05, 0) is 97.5 Å². The van der Waals surface area contributed by atoms with Gasteiger partial charge in [-0.15, -0.1) is 0 Å². The number of esters is 2. The van der Waals surface area contributed by atoms with Crippen LogP contribution in [0.2, 0.25) is 0 Å². The van der Waals surface area contributed by atoms with E-state index < -0.39 is 27.1 Å². The number of carbonyl (C=O) groups excluding carboxylic acids is 2. The zero-order chi connectivity index (χ0) is 37.7. The minimum absolute atomic E-state index is 0.134. The Balaban J connectivity index is 2.00. The molecule has 0 saturated heterocycles. The van der Waals surface area contributed by atoms with Crippen molar-refractivity contribution in [2.75, 3.05) is 52.0 Å². The molecule has 0 aliphatic rings. The van der Waals surface area contributed by atoms with Gasteiger partial charge >= 0.3 is 27.1 Å². The van der Waals surface area contributed by atoms with Gasteiger partial charge < -0.3 is 27.6 Å². The molecule has 0 aromatic heterocycles. The van der Waals surface area contributed by atoms with Crippen molar-refractivity contribution in [2.45, 2.75) is 41.5 Å². The first-order valence-corrected chi connectivity index (χ1v) is 21.1. The summed E-state index contributed by atoms with van der Waals surface area (Å²) in [6.07, 6.45) is 2.86. The number of rotatable bonds is 19. The smallest absolute Gasteiger partial charge is 0.335 e. The number of ether oxygens (including phenoxy) is 2. The highest BCUT2D eigenvalue weighted by atomic mass is 31.2. The Kier molecular flexibility index (Phi) is 15.2. The molecule has 0 aliphatic heterocycles. The van der Waals surface area contributed by atoms with Crippen LogP contribution in [0.1, 0.15) is 52.7 Å². The van der Waals surface area contributed by atoms with E-state index in [1.54, 1.807) is 53.7 Å². The van der Waals surface area contributed by atoms with Gasteiger partial charge in [-0.2, -0.15) is 0 Å². The average molecular weight is 751 g/mol. The van der Waals surface area contributed by atoms with Gasteiger partial charge in [0, 0.05) is 11.1 Å². The second-order valence-corrected chi connectivity index (χ2v) is 15.6. The van der Waals surface area contributed by atoms with Crippen LogP contribution in [0.15, 0.2) is 83.9 Å². The number of carbonyl (C=O) groups is 2. The predicted octanol–water partition coefficient (Wildman–Crippen LogP) is 10.1. The van der Waals surface area contributed by atoms with Crippen LogP contribution in [0, 0.1) is 0 Å². The van der Waals surface area contributed by atoms with Gasteiger partial charge in [0.25, 0.3) is 0 Å². The molecule has 4 aromatic rings. The lowest BCUT2D eigenvalue weighted by Gasteiger charge is -2.19. The van der Waals surface area contributed by atoms with Crippen molar-refractivity contribution in [2.24, 2.45) is 0 Å². The largest absolute Gasteiger partial charge is 0.463 e. The first kappa shape index (κ1) is 40.9. The molecule has 0 aliphatic carbocycles. The minimum atomic E-state index is -3.66. The van der Waals surface area contributed by atoms with Crippen LogP contribution >= 0.6 is 15.2 Å². The van der Waals surface area contributed by atoms with Crippen molar-refractivity contribution >= 4 is 60.8 Å². The average Bonchev–Trinajstić information content (AvgIpc) is 3.11. The number of fused-ring (bicyclic) bond motifs is 2. The highest BCUT2D eigenvalue weighted by Crippen LogP contribution is 2.51. The summed E-state index contributed by atoms with van der Waals surface area (Å²) in [6.45, 7) is 11.2. The Morgan fingerprint density at radius 1 is 0.500 bits per heavy atom. The first-order chi connectivity index (χ1) is 25.1. The van der Waals surface area contributed by atoms with Gasteiger partial charge in [-0.3, -0.25) is 9.13 Å². The van der Waals surface area contributed by atoms with Crippen molar-refractivity contribution in [1.29, 1.82) is 0 Å². The van der Waals surface area contributed by atoms with Crippen molar-refractivity contribution < 1.29 is 46.3 Å². The number of benzene rings is 4. The summed E-state index contributed by atoms with van der Waals surface area (Å²) in [5, 5.41) is 3.48. The fourth-order valence-corrected chi connectivity index (χ4v) is 9.41. The Morgan fingerprint density at radius 3 is 1.13 bits per heavy atom. The molecule has 0 saturated carbocycles. The van der Waals surface area contributed by atoms with E-state index in [0.29, 0.717) is 11.1 Å². The molecular weight excluding hydrogens is 702 g/mol. The summed E-state index contributed by atoms with van der Waals surface area (Å²) in [6, 6.07) is 23.4. The lowest BCUT2D eigenvalue weighted by molar-refractivity contribution is -0.139. The van der Waals surface area contributed by atoms with Crippen LogP contribution in [-0.4, -0.2) is 63.9 Å². The van der Waals surface area contributed by atoms with Gasteiger partial charge in [-0.25, -0.2) is 9.59 Å². The summed E-state index contributed by atoms with van der Waals surface area (Å²) in [7, 11) is -7.32. The molecular formula is C40H48O10P2. The predicted molar refractivity (Wildman–Crippen MR) is 208 cm³/mol. The number of hydrogen-bond acceptors (Lipinski definition) is 10. The van der Waals surface area contributed by atoms with E-state index in [1.165, 1.54) is 0 Å². The molecule has 0 amide bonds. The Bertz CT molecular complexity index is 1860. The van der Waals surface area contributed by atoms with E-state index in [9.17, 15) is 18.7 Å². The monoisotopic (exact) mass is 750 g/mol. The molecule has 0 N–H and O–H groups in total. The second kappa shape index (κ2) is 19.3. The fraction of sp³-hybridized carbons (Fsp3) is 0.350. The van der Waals surface area contributed by atoms with Gasteiger partial charge in [0.15, 0.2) is 0 Å². The normalized spacial score (nSPS) is 12.7. The molecule has 12 heteroatoms. The lowest BCUT2D eigenvalue weighted by Crippen LogP contribution is -2.13. The summed E-state index contributed by atoms with van der Waals surface area (Å²) in [5.41, 5.74) is 3.41. The standard InChI is InChI=1S/C40H48O10P2/c1-7-45-39(41)33(27-51(43,47-9-3)48-10-4)25-31-21-13-17-29-19-15-23-35(37(29)31)36-24-16-20-30-18-14-22-32(38(30)36)26-34(40(42)46-8-2)28-52(44,49-11-5)50-12-6/h13-26H,7-12,27-28H2,1-6H3/b33-25+,34-26+. The molecule has 0 spiro atoms. The maximum atomic E-state index is 13.6. The van der Waals surface area contributed by atoms with Crippen molar-refractivity contribution in [3.8, 4) is 11.1 Å². The molecule has 52 heavy (non-hydrogen) atoms. The third-order valence-electron chi connectivity index (χ3n) is 7.93. The van der Waals surface area contributed by atoms with Crippen LogP contribution in [0.3, 0.4) is 0 Å². The van der Waals surface area contributed by atoms with E-state index in [4.69, 9.17) is 27.6 Å². The third-order valence-corrected chi connectivity index (χ3v) is 12.0. The summed E-state index contributed by atoms with van der Waals surface area (Å²) >= 11 is 0. The molecule has 0 unspecified atom stereocenters. The van der Waals surface area contributed by atoms with E-state index in [0.717, 1.165) is 32.7 Å². The van der Waals surface area contributed by atoms with Crippen LogP contribution in [0.5, 0.6) is 0 Å². The van der Waals surface area contributed by atoms with E-state index in [-0.39, 0.29) is 63.1 Å². The zero-order valence-electron chi connectivity index (χ0n) is 30.7. The van der Waals surface area contributed by atoms with Gasteiger partial charge in [0.2, 0.25) is 0 Å². The van der Waals surface area contributed by atoms with E-state index in [2.05, 4.69) is 0 Å². The molecule has 0 heterocycles. The van der Waals surface area contributed by atoms with Crippen LogP contribution in [-0.2, 0) is 46.3 Å². The van der Waals surface area contributed by atoms with Gasteiger partial charge in [0.1, 0.15) is 0 Å². The van der Waals surface area contributed by atoms with Crippen LogP contribution in [0.25, 0.3) is 44.8 Å². The molecule has 10 nitrogen and oxygen atoms in total. The zero-order valence-corrected chi connectivity index (χ0v) is 32.5. The molecule has 278 valence electrons. The van der Waals surface area contributed by atoms with Crippen LogP contribution < -0.4 is 0 Å². The summed E-state index contributed by atoms with van der Waals surface area (Å²) in [4.78, 5) is 26.6. The highest BCUT2D eigenvalue weighted by molar-refractivity contribution is 7.54. The fourth-order valence-electron chi connectivity index (χ4n) is 6.05. The topological polar surface area (TPSA) is 124 Å². The molecule has 0 atom stereocenters. The van der Waals surface area contributed by atoms with Crippen molar-refractivity contribution in [3.05, 3.63) is 95.1 Å². The second-order valence-electron chi connectivity index (χ2n) is 11.5. The Morgan fingerprint density at radius 2 is 0.827 bits per heavy atom. The molecule has 4 aromatic carbocycles. The van der Waals surface area contributed by atoms with E-state index >= 15 is 0 Å². The quantitative estimate of drug-likeness (QED) is 0.0520. The Labute approximate surface area is 306 Å². The molecule has 0 bridgehead atoms. The van der Waals surface area contributed by atoms with Crippen molar-refractivity contribution in [1.82, 2.24) is 0 Å². The maximum Gasteiger partial charge on any atom is 0.335 e. The van der Waals surface area contributed by atoms with Gasteiger partial charge in [0.05, 0.1) is 52.0 Å². The number of hydrogen-bond donors (Lipinski definition) is 0. The lowest BCUT2D eigenvalue weighted by atomic mass is 9.89. The van der Waals surface area contributed by atoms with Gasteiger partial charge in [-0.1, -0.05) is 72.8 Å². The third kappa shape index (κ3) is 10.2. The molecule has 4 rings (SSSR count). The minimum Gasteiger partial charge on any atom is -0.463 e. The van der Waals surface area contributed by atoms with E-state index in [1.807, 2.05) is 72.8 Å². The Hall–Kier alpha value is -3.88. The van der Waals surface area contributed by atoms with Crippen LogP contribution in [0.4, 0.5) is 0 Å². The first-order valence-electron chi connectivity index (χ1n) is 17.6. The van der Waals surface area contributed by atoms with Crippen molar-refractivity contribution in [3.63, 3.8) is 0 Å². The molecule has 0 radical (unpaired) electrons. The summed E-state index contributed by atoms with van der Waals surface area (Å²) < 4.78 is 60.2. The SMILES string of the molecule is CCOC(=O)/C(=C/c1cccc2cccc(-c3cccc4cccc(/C=C(\CP(=O)(OCC)OCC)C(=O)OCC)c34)c12)CP(=O)(OCC)OCC. The summed E-state index contributed by atoms with van der Waals surface area (Å²) in [5.74, 6) is -1.23. The molecule has 0 fully saturated rings. The maximum absolute atomic E-state index is 13.6. The highest BCUT2D eigenvalue weighted by Gasteiger charge is 2.30.